The summed E-state index contributed by atoms with van der Waals surface area (Å²) >= 11 is 0. The summed E-state index contributed by atoms with van der Waals surface area (Å²) in [5.41, 5.74) is 2.27. The third-order valence-corrected chi connectivity index (χ3v) is 3.04. The molecule has 1 N–H and O–H groups in total. The second kappa shape index (κ2) is 6.59. The van der Waals surface area contributed by atoms with Crippen LogP contribution in [0.1, 0.15) is 51.4 Å². The van der Waals surface area contributed by atoms with Gasteiger partial charge in [-0.05, 0) is 32.4 Å². The Morgan fingerprint density at radius 1 is 1.25 bits per heavy atom. The summed E-state index contributed by atoms with van der Waals surface area (Å²) in [6, 6.07) is 2.58. The summed E-state index contributed by atoms with van der Waals surface area (Å²) < 4.78 is 0. The number of nitrogens with one attached hydrogen (secondary N) is 1. The molecule has 0 aliphatic rings. The Hall–Kier alpha value is -0.960. The van der Waals surface area contributed by atoms with Crippen molar-refractivity contribution >= 4 is 0 Å². The van der Waals surface area contributed by atoms with Gasteiger partial charge >= 0.3 is 0 Å². The van der Waals surface area contributed by atoms with Crippen molar-refractivity contribution in [2.75, 3.05) is 6.54 Å². The fourth-order valence-corrected chi connectivity index (χ4v) is 1.66. The molecule has 0 amide bonds. The van der Waals surface area contributed by atoms with Crippen molar-refractivity contribution in [2.45, 2.75) is 52.5 Å². The predicted molar refractivity (Wildman–Crippen MR) is 67.6 cm³/mol. The largest absolute Gasteiger partial charge is 0.314 e. The molecule has 0 saturated heterocycles. The van der Waals surface area contributed by atoms with Gasteiger partial charge in [-0.25, -0.2) is 9.97 Å². The van der Waals surface area contributed by atoms with Crippen LogP contribution in [-0.4, -0.2) is 22.6 Å². The molecule has 0 aliphatic heterocycles. The fraction of sp³-hybridized carbons (Fsp3) is 0.692. The minimum Gasteiger partial charge on any atom is -0.314 e. The van der Waals surface area contributed by atoms with Gasteiger partial charge in [-0.3, -0.25) is 0 Å². The number of nitrogens with zero attached hydrogens (tertiary/aromatic N) is 2. The molecule has 2 atom stereocenters. The average Bonchev–Trinajstić information content (AvgIpc) is 2.35. The van der Waals surface area contributed by atoms with Crippen LogP contribution in [0.3, 0.4) is 0 Å². The minimum atomic E-state index is 0.430. The summed E-state index contributed by atoms with van der Waals surface area (Å²) in [5, 5.41) is 3.51. The van der Waals surface area contributed by atoms with Crippen molar-refractivity contribution in [1.29, 1.82) is 0 Å². The fourth-order valence-electron chi connectivity index (χ4n) is 1.66. The molecular weight excluding hydrogens is 198 g/mol. The number of aryl methyl sites for hydroxylation is 1. The number of hydrogen-bond donors (Lipinski definition) is 1. The standard InChI is InChI=1S/C13H23N3/c1-5-7-14-11(4)10(3)13-8-12(6-2)15-9-16-13/h8-11,14H,5-7H2,1-4H3. The molecule has 0 fully saturated rings. The topological polar surface area (TPSA) is 37.8 Å². The highest BCUT2D eigenvalue weighted by Gasteiger charge is 2.15. The van der Waals surface area contributed by atoms with E-state index in [1.54, 1.807) is 6.33 Å². The summed E-state index contributed by atoms with van der Waals surface area (Å²) in [7, 11) is 0. The summed E-state index contributed by atoms with van der Waals surface area (Å²) in [5.74, 6) is 0.430. The first-order valence-corrected chi connectivity index (χ1v) is 6.23. The first-order chi connectivity index (χ1) is 7.69. The highest BCUT2D eigenvalue weighted by atomic mass is 14.9. The molecular formula is C13H23N3. The number of rotatable bonds is 6. The van der Waals surface area contributed by atoms with E-state index < -0.39 is 0 Å². The summed E-state index contributed by atoms with van der Waals surface area (Å²) in [4.78, 5) is 8.60. The summed E-state index contributed by atoms with van der Waals surface area (Å²) in [6.07, 6.45) is 3.82. The molecule has 1 aromatic heterocycles. The van der Waals surface area contributed by atoms with Crippen molar-refractivity contribution in [3.05, 3.63) is 23.8 Å². The highest BCUT2D eigenvalue weighted by molar-refractivity contribution is 5.13. The van der Waals surface area contributed by atoms with E-state index in [4.69, 9.17) is 0 Å². The number of hydrogen-bond acceptors (Lipinski definition) is 3. The maximum absolute atomic E-state index is 4.37. The smallest absolute Gasteiger partial charge is 0.115 e. The van der Waals surface area contributed by atoms with E-state index in [1.165, 1.54) is 6.42 Å². The first-order valence-electron chi connectivity index (χ1n) is 6.23. The normalized spacial score (nSPS) is 14.8. The van der Waals surface area contributed by atoms with Crippen LogP contribution in [0.5, 0.6) is 0 Å². The van der Waals surface area contributed by atoms with Crippen LogP contribution in [0.15, 0.2) is 12.4 Å². The Morgan fingerprint density at radius 2 is 2.00 bits per heavy atom. The maximum Gasteiger partial charge on any atom is 0.115 e. The Bertz CT molecular complexity index is 312. The van der Waals surface area contributed by atoms with Gasteiger partial charge < -0.3 is 5.32 Å². The molecule has 0 radical (unpaired) electrons. The van der Waals surface area contributed by atoms with Gasteiger partial charge in [0.1, 0.15) is 6.33 Å². The molecule has 90 valence electrons. The maximum atomic E-state index is 4.37. The number of aromatic nitrogens is 2. The van der Waals surface area contributed by atoms with Crippen molar-refractivity contribution < 1.29 is 0 Å². The monoisotopic (exact) mass is 221 g/mol. The molecule has 16 heavy (non-hydrogen) atoms. The molecule has 1 rings (SSSR count). The lowest BCUT2D eigenvalue weighted by Gasteiger charge is -2.20. The van der Waals surface area contributed by atoms with Gasteiger partial charge in [-0.15, -0.1) is 0 Å². The van der Waals surface area contributed by atoms with Gasteiger partial charge in [0.15, 0.2) is 0 Å². The van der Waals surface area contributed by atoms with E-state index in [9.17, 15) is 0 Å². The van der Waals surface area contributed by atoms with Gasteiger partial charge in [0.05, 0.1) is 0 Å². The zero-order chi connectivity index (χ0) is 12.0. The van der Waals surface area contributed by atoms with Gasteiger partial charge in [0.2, 0.25) is 0 Å². The van der Waals surface area contributed by atoms with Gasteiger partial charge in [-0.1, -0.05) is 20.8 Å². The van der Waals surface area contributed by atoms with E-state index in [1.807, 2.05) is 0 Å². The molecule has 3 heteroatoms. The van der Waals surface area contributed by atoms with E-state index in [2.05, 4.69) is 49.0 Å². The van der Waals surface area contributed by atoms with Crippen LogP contribution in [0, 0.1) is 0 Å². The van der Waals surface area contributed by atoms with Crippen LogP contribution in [0.4, 0.5) is 0 Å². The molecule has 1 aromatic rings. The van der Waals surface area contributed by atoms with E-state index >= 15 is 0 Å². The van der Waals surface area contributed by atoms with Crippen LogP contribution >= 0.6 is 0 Å². The van der Waals surface area contributed by atoms with Crippen molar-refractivity contribution in [3.63, 3.8) is 0 Å². The minimum absolute atomic E-state index is 0.430. The zero-order valence-corrected chi connectivity index (χ0v) is 10.8. The van der Waals surface area contributed by atoms with Crippen molar-refractivity contribution in [3.8, 4) is 0 Å². The van der Waals surface area contributed by atoms with Crippen LogP contribution in [0.2, 0.25) is 0 Å². The van der Waals surface area contributed by atoms with Gasteiger partial charge in [0.25, 0.3) is 0 Å². The third kappa shape index (κ3) is 3.56. The second-order valence-corrected chi connectivity index (χ2v) is 4.32. The Morgan fingerprint density at radius 3 is 2.62 bits per heavy atom. The SMILES string of the molecule is CCCNC(C)C(C)c1cc(CC)ncn1. The molecule has 1 heterocycles. The highest BCUT2D eigenvalue weighted by Crippen LogP contribution is 2.17. The summed E-state index contributed by atoms with van der Waals surface area (Å²) in [6.45, 7) is 9.81. The lowest BCUT2D eigenvalue weighted by molar-refractivity contribution is 0.474. The van der Waals surface area contributed by atoms with Crippen molar-refractivity contribution in [2.24, 2.45) is 0 Å². The quantitative estimate of drug-likeness (QED) is 0.802. The van der Waals surface area contributed by atoms with Crippen molar-refractivity contribution in [1.82, 2.24) is 15.3 Å². The molecule has 2 unspecified atom stereocenters. The van der Waals surface area contributed by atoms with Crippen LogP contribution < -0.4 is 5.32 Å². The third-order valence-electron chi connectivity index (χ3n) is 3.04. The van der Waals surface area contributed by atoms with E-state index in [0.717, 1.165) is 24.4 Å². The lowest BCUT2D eigenvalue weighted by Crippen LogP contribution is -2.31. The van der Waals surface area contributed by atoms with Gasteiger partial charge in [-0.2, -0.15) is 0 Å². The van der Waals surface area contributed by atoms with Crippen LogP contribution in [0.25, 0.3) is 0 Å². The Balaban J connectivity index is 2.67. The van der Waals surface area contributed by atoms with Gasteiger partial charge in [0, 0.05) is 23.3 Å². The Labute approximate surface area is 98.7 Å². The second-order valence-electron chi connectivity index (χ2n) is 4.32. The van der Waals surface area contributed by atoms with Crippen LogP contribution in [-0.2, 0) is 6.42 Å². The molecule has 0 bridgehead atoms. The molecule has 0 aliphatic carbocycles. The molecule has 0 aromatic carbocycles. The molecule has 0 saturated carbocycles. The lowest BCUT2D eigenvalue weighted by atomic mass is 9.98. The first kappa shape index (κ1) is 13.1. The van der Waals surface area contributed by atoms with E-state index in [0.29, 0.717) is 12.0 Å². The average molecular weight is 221 g/mol. The zero-order valence-electron chi connectivity index (χ0n) is 10.8. The molecule has 0 spiro atoms. The Kier molecular flexibility index (Phi) is 5.39. The van der Waals surface area contributed by atoms with E-state index in [-0.39, 0.29) is 0 Å². The molecule has 3 nitrogen and oxygen atoms in total. The predicted octanol–water partition coefficient (Wildman–Crippen LogP) is 2.53.